The van der Waals surface area contributed by atoms with Crippen LogP contribution in [0, 0.1) is 0 Å². The number of carbonyl (C=O) groups is 1. The predicted octanol–water partition coefficient (Wildman–Crippen LogP) is 3.58. The van der Waals surface area contributed by atoms with Crippen LogP contribution < -0.4 is 10.3 Å². The molecule has 1 aliphatic heterocycles. The number of methoxy groups -OCH3 is 2. The van der Waals surface area contributed by atoms with Crippen LogP contribution in [0.25, 0.3) is 11.1 Å². The standard InChI is InChI=1S/C20H20Cl2N2O6/c1-27-7-6-17(20(26)30-22)24-11-18(28-2)15(10-19(24)25)14-9-12(21)3-4-13(14)16-5-8-29-23-16/h3-4,9-11,17H,5-8H2,1-2H3. The number of halogens is 2. The number of carbonyl (C=O) groups excluding carboxylic acids is 1. The Morgan fingerprint density at radius 3 is 2.70 bits per heavy atom. The summed E-state index contributed by atoms with van der Waals surface area (Å²) in [6, 6.07) is 5.71. The maximum Gasteiger partial charge on any atom is 0.347 e. The maximum atomic E-state index is 13.0. The van der Waals surface area contributed by atoms with Crippen LogP contribution in [0.4, 0.5) is 0 Å². The number of ether oxygens (including phenoxy) is 2. The fourth-order valence-electron chi connectivity index (χ4n) is 3.28. The summed E-state index contributed by atoms with van der Waals surface area (Å²) >= 11 is 11.5. The number of aromatic nitrogens is 1. The molecule has 0 spiro atoms. The highest BCUT2D eigenvalue weighted by Crippen LogP contribution is 2.35. The first-order chi connectivity index (χ1) is 14.5. The van der Waals surface area contributed by atoms with E-state index in [2.05, 4.69) is 9.45 Å². The summed E-state index contributed by atoms with van der Waals surface area (Å²) in [5, 5.41) is 4.56. The van der Waals surface area contributed by atoms with Crippen LogP contribution in [0.5, 0.6) is 5.75 Å². The van der Waals surface area contributed by atoms with Crippen LogP contribution >= 0.6 is 23.5 Å². The molecule has 160 valence electrons. The number of pyridine rings is 1. The first-order valence-electron chi connectivity index (χ1n) is 9.10. The lowest BCUT2D eigenvalue weighted by Crippen LogP contribution is -2.30. The number of oxime groups is 1. The van der Waals surface area contributed by atoms with E-state index in [0.717, 1.165) is 11.3 Å². The van der Waals surface area contributed by atoms with E-state index in [1.54, 1.807) is 12.1 Å². The molecule has 0 aliphatic carbocycles. The summed E-state index contributed by atoms with van der Waals surface area (Å²) < 4.78 is 16.1. The molecule has 0 fully saturated rings. The molecule has 10 heteroatoms. The maximum absolute atomic E-state index is 13.0. The molecule has 8 nitrogen and oxygen atoms in total. The molecule has 3 rings (SSSR count). The van der Waals surface area contributed by atoms with E-state index in [1.807, 2.05) is 6.07 Å². The van der Waals surface area contributed by atoms with E-state index in [1.165, 1.54) is 31.0 Å². The van der Waals surface area contributed by atoms with Crippen molar-refractivity contribution in [1.82, 2.24) is 4.57 Å². The third kappa shape index (κ3) is 4.61. The molecule has 0 bridgehead atoms. The lowest BCUT2D eigenvalue weighted by atomic mass is 9.95. The van der Waals surface area contributed by atoms with Gasteiger partial charge in [0.25, 0.3) is 5.56 Å². The predicted molar refractivity (Wildman–Crippen MR) is 112 cm³/mol. The van der Waals surface area contributed by atoms with E-state index >= 15 is 0 Å². The summed E-state index contributed by atoms with van der Waals surface area (Å²) in [5.74, 6) is -0.408. The zero-order valence-corrected chi connectivity index (χ0v) is 17.9. The van der Waals surface area contributed by atoms with Crippen molar-refractivity contribution in [3.8, 4) is 16.9 Å². The Bertz CT molecular complexity index is 1020. The van der Waals surface area contributed by atoms with Crippen molar-refractivity contribution in [2.45, 2.75) is 18.9 Å². The topological polar surface area (TPSA) is 88.3 Å². The lowest BCUT2D eigenvalue weighted by molar-refractivity contribution is -0.138. The molecular weight excluding hydrogens is 435 g/mol. The largest absolute Gasteiger partial charge is 0.495 e. The van der Waals surface area contributed by atoms with Crippen molar-refractivity contribution >= 4 is 35.1 Å². The SMILES string of the molecule is COCCC(C(=O)OCl)n1cc(OC)c(-c2cc(Cl)ccc2C2=NOCC2)cc1=O. The average Bonchev–Trinajstić information content (AvgIpc) is 3.29. The average molecular weight is 455 g/mol. The van der Waals surface area contributed by atoms with Gasteiger partial charge < -0.3 is 18.6 Å². The molecule has 0 amide bonds. The van der Waals surface area contributed by atoms with Gasteiger partial charge in [0.15, 0.2) is 0 Å². The summed E-state index contributed by atoms with van der Waals surface area (Å²) in [4.78, 5) is 30.2. The number of nitrogens with zero attached hydrogens (tertiary/aromatic N) is 2. The first-order valence-corrected chi connectivity index (χ1v) is 9.79. The van der Waals surface area contributed by atoms with Crippen molar-refractivity contribution in [3.63, 3.8) is 0 Å². The molecule has 0 radical (unpaired) electrons. The Hall–Kier alpha value is -2.55. The van der Waals surface area contributed by atoms with Gasteiger partial charge in [0.05, 0.1) is 19.0 Å². The van der Waals surface area contributed by atoms with Gasteiger partial charge in [-0.15, -0.1) is 0 Å². The Morgan fingerprint density at radius 2 is 2.07 bits per heavy atom. The minimum absolute atomic E-state index is 0.195. The van der Waals surface area contributed by atoms with Gasteiger partial charge in [0, 0.05) is 48.8 Å². The van der Waals surface area contributed by atoms with Gasteiger partial charge in [-0.05, 0) is 17.7 Å². The molecule has 0 saturated carbocycles. The molecule has 1 aromatic carbocycles. The van der Waals surface area contributed by atoms with Crippen LogP contribution in [0.1, 0.15) is 24.4 Å². The number of benzene rings is 1. The van der Waals surface area contributed by atoms with E-state index in [0.29, 0.717) is 34.9 Å². The van der Waals surface area contributed by atoms with Gasteiger partial charge in [0.2, 0.25) is 0 Å². The fourth-order valence-corrected chi connectivity index (χ4v) is 3.56. The molecule has 1 unspecified atom stereocenters. The van der Waals surface area contributed by atoms with Gasteiger partial charge in [0.1, 0.15) is 30.3 Å². The quantitative estimate of drug-likeness (QED) is 0.605. The van der Waals surface area contributed by atoms with Crippen LogP contribution in [-0.4, -0.2) is 43.7 Å². The molecule has 1 aromatic heterocycles. The zero-order chi connectivity index (χ0) is 21.7. The fraction of sp³-hybridized carbons (Fsp3) is 0.350. The first kappa shape index (κ1) is 22.1. The summed E-state index contributed by atoms with van der Waals surface area (Å²) in [7, 11) is 2.96. The van der Waals surface area contributed by atoms with Gasteiger partial charge in [-0.3, -0.25) is 9.36 Å². The molecule has 2 aromatic rings. The third-order valence-corrected chi connectivity index (χ3v) is 5.12. The highest BCUT2D eigenvalue weighted by molar-refractivity contribution is 6.31. The van der Waals surface area contributed by atoms with Crippen molar-refractivity contribution in [2.75, 3.05) is 27.4 Å². The Kier molecular flexibility index (Phi) is 7.36. The molecule has 0 saturated heterocycles. The Balaban J connectivity index is 2.15. The number of rotatable bonds is 8. The van der Waals surface area contributed by atoms with Gasteiger partial charge >= 0.3 is 5.97 Å². The van der Waals surface area contributed by atoms with Gasteiger partial charge in [-0.25, -0.2) is 4.79 Å². The summed E-state index contributed by atoms with van der Waals surface area (Å²) in [6.07, 6.45) is 2.28. The second-order valence-corrected chi connectivity index (χ2v) is 7.10. The van der Waals surface area contributed by atoms with Crippen LogP contribution in [0.15, 0.2) is 40.4 Å². The number of hydrogen-bond acceptors (Lipinski definition) is 7. The number of hydrogen-bond donors (Lipinski definition) is 0. The van der Waals surface area contributed by atoms with Crippen molar-refractivity contribution < 1.29 is 23.4 Å². The molecule has 1 aliphatic rings. The second kappa shape index (κ2) is 9.97. The van der Waals surface area contributed by atoms with E-state index in [-0.39, 0.29) is 13.0 Å². The van der Waals surface area contributed by atoms with E-state index < -0.39 is 17.6 Å². The van der Waals surface area contributed by atoms with Crippen LogP contribution in [0.2, 0.25) is 5.02 Å². The minimum atomic E-state index is -0.968. The normalized spacial score (nSPS) is 14.1. The molecule has 1 atom stereocenters. The smallest absolute Gasteiger partial charge is 0.347 e. The zero-order valence-electron chi connectivity index (χ0n) is 16.4. The van der Waals surface area contributed by atoms with Crippen molar-refractivity contribution in [3.05, 3.63) is 51.4 Å². The van der Waals surface area contributed by atoms with Crippen LogP contribution in [-0.2, 0) is 18.7 Å². The molecule has 30 heavy (non-hydrogen) atoms. The van der Waals surface area contributed by atoms with Crippen LogP contribution in [0.3, 0.4) is 0 Å². The molecule has 0 N–H and O–H groups in total. The minimum Gasteiger partial charge on any atom is -0.495 e. The molecular formula is C20H20Cl2N2O6. The van der Waals surface area contributed by atoms with E-state index in [9.17, 15) is 9.59 Å². The monoisotopic (exact) mass is 454 g/mol. The lowest BCUT2D eigenvalue weighted by Gasteiger charge is -2.19. The van der Waals surface area contributed by atoms with Gasteiger partial charge in [-0.2, -0.15) is 0 Å². The van der Waals surface area contributed by atoms with Crippen molar-refractivity contribution in [2.24, 2.45) is 5.16 Å². The highest BCUT2D eigenvalue weighted by Gasteiger charge is 2.26. The Morgan fingerprint density at radius 1 is 1.27 bits per heavy atom. The summed E-state index contributed by atoms with van der Waals surface area (Å²) in [5.41, 5.74) is 2.27. The Labute approximate surface area is 183 Å². The second-order valence-electron chi connectivity index (χ2n) is 6.51. The van der Waals surface area contributed by atoms with Crippen molar-refractivity contribution in [1.29, 1.82) is 0 Å². The highest BCUT2D eigenvalue weighted by atomic mass is 35.5. The molecule has 2 heterocycles. The third-order valence-electron chi connectivity index (χ3n) is 4.73. The van der Waals surface area contributed by atoms with E-state index in [4.69, 9.17) is 37.8 Å². The summed E-state index contributed by atoms with van der Waals surface area (Å²) in [6.45, 7) is 0.712. The van der Waals surface area contributed by atoms with Gasteiger partial charge in [-0.1, -0.05) is 22.8 Å².